The lowest BCUT2D eigenvalue weighted by atomic mass is 9.85. The van der Waals surface area contributed by atoms with E-state index in [2.05, 4.69) is 0 Å². The number of aromatic hydroxyl groups is 8. The molecule has 4 aliphatic rings. The Balaban J connectivity index is 1.26. The highest BCUT2D eigenvalue weighted by Crippen LogP contribution is 2.55. The first-order valence-corrected chi connectivity index (χ1v) is 19.9. The SMILES string of the molecule is OC[C@@H]1O[C@@H](O[C@H]2Cc3c(O)cc(O)c(-c4cc(O)c(O)cc4[C@H]4Oc5cc(O)cc(O)c5C[C@H]4O[C@H]4O[C@H](CO)[C@@H](O)[C@H](O)[C@@H]4O)c3O[C@@H]2c2ccc(O)c(O)c2)[C@H](O)[C@@H](O)[C@@H]1O. The third-order valence-electron chi connectivity index (χ3n) is 11.9. The van der Waals surface area contributed by atoms with E-state index in [1.807, 2.05) is 0 Å². The van der Waals surface area contributed by atoms with Gasteiger partial charge in [0.15, 0.2) is 47.8 Å². The van der Waals surface area contributed by atoms with Crippen LogP contribution in [0.15, 0.2) is 48.5 Å². The van der Waals surface area contributed by atoms with Crippen LogP contribution in [0.1, 0.15) is 34.5 Å². The molecule has 2 saturated heterocycles. The number of aliphatic hydroxyl groups is 8. The summed E-state index contributed by atoms with van der Waals surface area (Å²) in [4.78, 5) is 0. The highest BCUT2D eigenvalue weighted by atomic mass is 16.7. The lowest BCUT2D eigenvalue weighted by Crippen LogP contribution is -2.60. The molecule has 16 N–H and O–H groups in total. The van der Waals surface area contributed by atoms with Gasteiger partial charge in [0.2, 0.25) is 0 Å². The maximum absolute atomic E-state index is 11.7. The van der Waals surface area contributed by atoms with Crippen molar-refractivity contribution in [3.63, 3.8) is 0 Å². The molecular weight excluding hydrogens is 856 g/mol. The smallest absolute Gasteiger partial charge is 0.187 e. The molecule has 0 amide bonds. The van der Waals surface area contributed by atoms with E-state index in [-0.39, 0.29) is 57.7 Å². The molecule has 64 heavy (non-hydrogen) atoms. The minimum Gasteiger partial charge on any atom is -0.508 e. The van der Waals surface area contributed by atoms with E-state index in [9.17, 15) is 81.7 Å². The van der Waals surface area contributed by atoms with Crippen molar-refractivity contribution in [2.45, 2.75) is 98.7 Å². The second kappa shape index (κ2) is 17.4. The minimum absolute atomic E-state index is 0.0758. The molecule has 0 radical (unpaired) electrons. The molecule has 2 fully saturated rings. The van der Waals surface area contributed by atoms with Gasteiger partial charge in [-0.3, -0.25) is 0 Å². The van der Waals surface area contributed by atoms with Crippen LogP contribution in [0.4, 0.5) is 0 Å². The van der Waals surface area contributed by atoms with Crippen LogP contribution >= 0.6 is 0 Å². The monoisotopic (exact) mass is 902 g/mol. The van der Waals surface area contributed by atoms with Crippen LogP contribution in [0.25, 0.3) is 11.1 Å². The molecule has 22 nitrogen and oxygen atoms in total. The van der Waals surface area contributed by atoms with Crippen LogP contribution < -0.4 is 9.47 Å². The number of phenols is 8. The zero-order valence-electron chi connectivity index (χ0n) is 33.1. The van der Waals surface area contributed by atoms with Crippen molar-refractivity contribution in [3.8, 4) is 68.6 Å². The molecular formula is C42H46O22. The van der Waals surface area contributed by atoms with Crippen molar-refractivity contribution >= 4 is 0 Å². The van der Waals surface area contributed by atoms with E-state index < -0.39 is 145 Å². The standard InChI is InChI=1S/C42H46O22/c43-11-29-32(53)34(55)36(57)41(62-29)60-27-9-18-21(48)10-25(52)31(40(18)64-38(27)13-1-2-19(46)22(49)3-13)15-6-23(50)24(51)7-16(15)39-28(8-17-20(47)4-14(45)5-26(17)59-39)61-42-37(58)35(56)33(54)30(12-44)63-42/h1-7,10,27-30,32-39,41-58H,8-9,11-12H2/t27-,28+,29-,30+,32+,33+,34-,35-,36+,37-,38+,39+,41+,42-/m0/s1. The Hall–Kier alpha value is -5.60. The van der Waals surface area contributed by atoms with E-state index in [0.717, 1.165) is 42.5 Å². The summed E-state index contributed by atoms with van der Waals surface area (Å²) >= 11 is 0. The van der Waals surface area contributed by atoms with Gasteiger partial charge in [-0.15, -0.1) is 0 Å². The molecule has 0 aromatic heterocycles. The number of benzene rings is 4. The van der Waals surface area contributed by atoms with Crippen molar-refractivity contribution in [2.24, 2.45) is 0 Å². The number of hydrogen-bond acceptors (Lipinski definition) is 22. The first-order valence-electron chi connectivity index (χ1n) is 19.9. The molecule has 0 saturated carbocycles. The molecule has 4 aromatic carbocycles. The van der Waals surface area contributed by atoms with Gasteiger partial charge in [-0.1, -0.05) is 6.07 Å². The fraction of sp³-hybridized carbons (Fsp3) is 0.429. The number of hydrogen-bond donors (Lipinski definition) is 16. The fourth-order valence-electron chi connectivity index (χ4n) is 8.47. The molecule has 0 spiro atoms. The zero-order valence-corrected chi connectivity index (χ0v) is 33.1. The highest BCUT2D eigenvalue weighted by Gasteiger charge is 2.49. The Morgan fingerprint density at radius 1 is 0.500 bits per heavy atom. The Labute approximate surface area is 361 Å². The van der Waals surface area contributed by atoms with E-state index in [1.54, 1.807) is 0 Å². The topological polar surface area (TPSA) is 379 Å². The second-order valence-electron chi connectivity index (χ2n) is 15.9. The average Bonchev–Trinajstić information content (AvgIpc) is 3.26. The summed E-state index contributed by atoms with van der Waals surface area (Å²) < 4.78 is 36.3. The van der Waals surface area contributed by atoms with Crippen LogP contribution in [-0.2, 0) is 31.8 Å². The van der Waals surface area contributed by atoms with E-state index in [0.29, 0.717) is 0 Å². The number of rotatable bonds is 9. The van der Waals surface area contributed by atoms with E-state index >= 15 is 0 Å². The maximum atomic E-state index is 11.7. The summed E-state index contributed by atoms with van der Waals surface area (Å²) in [5.74, 6) is -5.18. The van der Waals surface area contributed by atoms with Gasteiger partial charge in [0, 0.05) is 53.3 Å². The number of phenolic OH excluding ortho intramolecular Hbond substituents is 8. The summed E-state index contributed by atoms with van der Waals surface area (Å²) in [7, 11) is 0. The van der Waals surface area contributed by atoms with Crippen LogP contribution in [0.3, 0.4) is 0 Å². The van der Waals surface area contributed by atoms with Gasteiger partial charge in [-0.25, -0.2) is 0 Å². The Bertz CT molecular complexity index is 2370. The lowest BCUT2D eigenvalue weighted by molar-refractivity contribution is -0.317. The molecule has 8 rings (SSSR count). The normalized spacial score (nSPS) is 32.5. The Morgan fingerprint density at radius 3 is 1.64 bits per heavy atom. The minimum atomic E-state index is -1.92. The lowest BCUT2D eigenvalue weighted by Gasteiger charge is -2.43. The van der Waals surface area contributed by atoms with Gasteiger partial charge in [0.05, 0.1) is 18.8 Å². The predicted molar refractivity (Wildman–Crippen MR) is 210 cm³/mol. The van der Waals surface area contributed by atoms with E-state index in [4.69, 9.17) is 28.4 Å². The molecule has 0 unspecified atom stereocenters. The summed E-state index contributed by atoms with van der Waals surface area (Å²) in [6.45, 7) is -1.60. The summed E-state index contributed by atoms with van der Waals surface area (Å²) in [6, 6.07) is 8.66. The van der Waals surface area contributed by atoms with Crippen LogP contribution in [0, 0.1) is 0 Å². The molecule has 22 heteroatoms. The van der Waals surface area contributed by atoms with Crippen LogP contribution in [-0.4, -0.2) is 169 Å². The first-order chi connectivity index (χ1) is 30.4. The summed E-state index contributed by atoms with van der Waals surface area (Å²) in [5.41, 5.74) is -0.491. The van der Waals surface area contributed by atoms with Gasteiger partial charge in [-0.05, 0) is 29.8 Å². The zero-order chi connectivity index (χ0) is 46.0. The first kappa shape index (κ1) is 45.0. The largest absolute Gasteiger partial charge is 0.508 e. The summed E-state index contributed by atoms with van der Waals surface area (Å²) in [6.07, 6.45) is -23.7. The molecule has 14 atom stereocenters. The molecule has 346 valence electrons. The summed E-state index contributed by atoms with van der Waals surface area (Å²) in [5, 5.41) is 170. The van der Waals surface area contributed by atoms with Crippen LogP contribution in [0.2, 0.25) is 0 Å². The molecule has 4 aliphatic heterocycles. The average molecular weight is 903 g/mol. The highest BCUT2D eigenvalue weighted by molar-refractivity contribution is 5.84. The molecule has 4 heterocycles. The predicted octanol–water partition coefficient (Wildman–Crippen LogP) is -1.28. The van der Waals surface area contributed by atoms with Crippen molar-refractivity contribution < 1.29 is 110 Å². The second-order valence-corrected chi connectivity index (χ2v) is 15.9. The number of ether oxygens (including phenoxy) is 6. The number of aliphatic hydroxyl groups excluding tert-OH is 8. The van der Waals surface area contributed by atoms with Gasteiger partial charge in [-0.2, -0.15) is 0 Å². The fourth-order valence-corrected chi connectivity index (χ4v) is 8.47. The molecule has 4 aromatic rings. The van der Waals surface area contributed by atoms with Crippen molar-refractivity contribution in [1.29, 1.82) is 0 Å². The third kappa shape index (κ3) is 7.97. The van der Waals surface area contributed by atoms with Gasteiger partial charge in [0.1, 0.15) is 95.5 Å². The maximum Gasteiger partial charge on any atom is 0.187 e. The van der Waals surface area contributed by atoms with E-state index in [1.165, 1.54) is 6.07 Å². The van der Waals surface area contributed by atoms with Crippen molar-refractivity contribution in [2.75, 3.05) is 13.2 Å². The molecule has 0 bridgehead atoms. The van der Waals surface area contributed by atoms with Crippen molar-refractivity contribution in [3.05, 3.63) is 70.8 Å². The quantitative estimate of drug-likeness (QED) is 0.0870. The van der Waals surface area contributed by atoms with Crippen molar-refractivity contribution in [1.82, 2.24) is 0 Å². The van der Waals surface area contributed by atoms with Gasteiger partial charge < -0.3 is 110 Å². The van der Waals surface area contributed by atoms with Gasteiger partial charge >= 0.3 is 0 Å². The van der Waals surface area contributed by atoms with Crippen LogP contribution in [0.5, 0.6) is 57.5 Å². The molecule has 0 aliphatic carbocycles. The number of fused-ring (bicyclic) bond motifs is 2. The third-order valence-corrected chi connectivity index (χ3v) is 11.9. The Kier molecular flexibility index (Phi) is 12.2. The Morgan fingerprint density at radius 2 is 1.05 bits per heavy atom. The van der Waals surface area contributed by atoms with Gasteiger partial charge in [0.25, 0.3) is 0 Å².